The third kappa shape index (κ3) is 3.67. The van der Waals surface area contributed by atoms with E-state index in [2.05, 4.69) is 190 Å². The molecule has 0 aliphatic rings. The first-order chi connectivity index (χ1) is 24.3. The van der Waals surface area contributed by atoms with Crippen molar-refractivity contribution >= 4 is 76.2 Å². The molecule has 0 saturated carbocycles. The summed E-state index contributed by atoms with van der Waals surface area (Å²) in [6, 6.07) is 64.2. The van der Waals surface area contributed by atoms with Gasteiger partial charge in [0.25, 0.3) is 0 Å². The van der Waals surface area contributed by atoms with E-state index < -0.39 is 0 Å². The van der Waals surface area contributed by atoms with Crippen LogP contribution in [0.2, 0.25) is 0 Å². The molecule has 0 spiro atoms. The smallest absolute Gasteiger partial charge is 0.0548 e. The zero-order valence-corrected chi connectivity index (χ0v) is 26.6. The molecule has 3 heteroatoms. The number of hydrogen-bond acceptors (Lipinski definition) is 0. The van der Waals surface area contributed by atoms with Gasteiger partial charge in [-0.2, -0.15) is 0 Å². The molecule has 11 aromatic rings. The normalized spacial score (nSPS) is 12.1. The maximum absolute atomic E-state index is 2.46. The van der Waals surface area contributed by atoms with Gasteiger partial charge in [-0.1, -0.05) is 103 Å². The van der Waals surface area contributed by atoms with Crippen LogP contribution in [0, 0.1) is 0 Å². The molecular formula is C46H29N3. The van der Waals surface area contributed by atoms with E-state index in [0.717, 1.165) is 5.69 Å². The van der Waals surface area contributed by atoms with E-state index in [4.69, 9.17) is 0 Å². The van der Waals surface area contributed by atoms with Crippen LogP contribution in [0.5, 0.6) is 0 Å². The summed E-state index contributed by atoms with van der Waals surface area (Å²) in [5.41, 5.74) is 10.8. The van der Waals surface area contributed by atoms with Crippen molar-refractivity contribution in [3.8, 4) is 17.1 Å². The number of aromatic nitrogens is 3. The minimum absolute atomic E-state index is 1.16. The van der Waals surface area contributed by atoms with Crippen molar-refractivity contribution in [2.45, 2.75) is 0 Å². The summed E-state index contributed by atoms with van der Waals surface area (Å²) in [5.74, 6) is 0. The molecule has 49 heavy (non-hydrogen) atoms. The van der Waals surface area contributed by atoms with Crippen molar-refractivity contribution in [3.63, 3.8) is 0 Å². The van der Waals surface area contributed by atoms with Crippen LogP contribution in [0.4, 0.5) is 0 Å². The zero-order valence-electron chi connectivity index (χ0n) is 26.6. The first-order valence-corrected chi connectivity index (χ1v) is 16.9. The van der Waals surface area contributed by atoms with E-state index in [1.54, 1.807) is 0 Å². The lowest BCUT2D eigenvalue weighted by Crippen LogP contribution is -1.96. The predicted octanol–water partition coefficient (Wildman–Crippen LogP) is 12.1. The van der Waals surface area contributed by atoms with Crippen molar-refractivity contribution in [1.82, 2.24) is 13.7 Å². The molecule has 8 aromatic carbocycles. The fourth-order valence-electron chi connectivity index (χ4n) is 8.35. The van der Waals surface area contributed by atoms with Gasteiger partial charge in [0.05, 0.1) is 33.1 Å². The van der Waals surface area contributed by atoms with E-state index in [1.807, 2.05) is 0 Å². The summed E-state index contributed by atoms with van der Waals surface area (Å²) in [5, 5.41) is 10.1. The number of benzene rings is 8. The SMILES string of the molecule is c1ccc(-n2c3ccccc3c3cc(-n4c5ccccc5c5c6c7ccccc7n(-c7ccc8ccccc8c7)c6ccc54)ccc32)cc1. The molecule has 0 saturated heterocycles. The Morgan fingerprint density at radius 3 is 1.37 bits per heavy atom. The van der Waals surface area contributed by atoms with Gasteiger partial charge in [0.2, 0.25) is 0 Å². The molecule has 228 valence electrons. The van der Waals surface area contributed by atoms with Crippen LogP contribution in [0.3, 0.4) is 0 Å². The molecule has 0 unspecified atom stereocenters. The molecule has 0 aliphatic carbocycles. The van der Waals surface area contributed by atoms with Crippen molar-refractivity contribution < 1.29 is 0 Å². The van der Waals surface area contributed by atoms with Gasteiger partial charge in [0.15, 0.2) is 0 Å². The molecule has 0 bridgehead atoms. The predicted molar refractivity (Wildman–Crippen MR) is 207 cm³/mol. The van der Waals surface area contributed by atoms with Gasteiger partial charge in [-0.05, 0) is 83.6 Å². The number of para-hydroxylation sites is 4. The Morgan fingerprint density at radius 2 is 0.694 bits per heavy atom. The first-order valence-electron chi connectivity index (χ1n) is 16.9. The molecule has 0 fully saturated rings. The van der Waals surface area contributed by atoms with Crippen LogP contribution in [0.15, 0.2) is 176 Å². The summed E-state index contributed by atoms with van der Waals surface area (Å²) in [7, 11) is 0. The summed E-state index contributed by atoms with van der Waals surface area (Å²) in [6.45, 7) is 0. The fourth-order valence-corrected chi connectivity index (χ4v) is 8.35. The number of nitrogens with zero attached hydrogens (tertiary/aromatic N) is 3. The second-order valence-corrected chi connectivity index (χ2v) is 13.0. The minimum atomic E-state index is 1.16. The van der Waals surface area contributed by atoms with E-state index in [-0.39, 0.29) is 0 Å². The van der Waals surface area contributed by atoms with Gasteiger partial charge in [-0.15, -0.1) is 0 Å². The van der Waals surface area contributed by atoms with E-state index >= 15 is 0 Å². The lowest BCUT2D eigenvalue weighted by molar-refractivity contribution is 1.16. The first kappa shape index (κ1) is 26.5. The molecule has 0 N–H and O–H groups in total. The van der Waals surface area contributed by atoms with Crippen LogP contribution in [-0.2, 0) is 0 Å². The topological polar surface area (TPSA) is 14.8 Å². The van der Waals surface area contributed by atoms with Crippen LogP contribution in [-0.4, -0.2) is 13.7 Å². The van der Waals surface area contributed by atoms with Crippen molar-refractivity contribution in [1.29, 1.82) is 0 Å². The monoisotopic (exact) mass is 623 g/mol. The highest BCUT2D eigenvalue weighted by Crippen LogP contribution is 2.43. The van der Waals surface area contributed by atoms with Crippen LogP contribution >= 0.6 is 0 Å². The Morgan fingerprint density at radius 1 is 0.245 bits per heavy atom. The Kier molecular flexibility index (Phi) is 5.38. The number of fused-ring (bicyclic) bond motifs is 11. The van der Waals surface area contributed by atoms with Crippen molar-refractivity contribution in [3.05, 3.63) is 176 Å². The highest BCUT2D eigenvalue weighted by Gasteiger charge is 2.21. The van der Waals surface area contributed by atoms with Gasteiger partial charge < -0.3 is 13.7 Å². The van der Waals surface area contributed by atoms with E-state index in [1.165, 1.54) is 87.6 Å². The average molecular weight is 624 g/mol. The van der Waals surface area contributed by atoms with E-state index in [0.29, 0.717) is 0 Å². The summed E-state index contributed by atoms with van der Waals surface area (Å²) >= 11 is 0. The third-order valence-electron chi connectivity index (χ3n) is 10.4. The molecule has 0 amide bonds. The van der Waals surface area contributed by atoms with Crippen LogP contribution in [0.25, 0.3) is 93.3 Å². The minimum Gasteiger partial charge on any atom is -0.309 e. The highest BCUT2D eigenvalue weighted by molar-refractivity contribution is 6.29. The molecule has 11 rings (SSSR count). The second kappa shape index (κ2) is 9.96. The van der Waals surface area contributed by atoms with Gasteiger partial charge in [-0.25, -0.2) is 0 Å². The quantitative estimate of drug-likeness (QED) is 0.186. The molecule has 0 atom stereocenters. The third-order valence-corrected chi connectivity index (χ3v) is 10.4. The molecule has 0 aliphatic heterocycles. The Hall–Kier alpha value is -6.58. The van der Waals surface area contributed by atoms with Crippen LogP contribution < -0.4 is 0 Å². The molecule has 0 radical (unpaired) electrons. The van der Waals surface area contributed by atoms with Crippen molar-refractivity contribution in [2.24, 2.45) is 0 Å². The Bertz CT molecular complexity index is 3100. The lowest BCUT2D eigenvalue weighted by Gasteiger charge is -2.11. The maximum atomic E-state index is 2.46. The van der Waals surface area contributed by atoms with Crippen molar-refractivity contribution in [2.75, 3.05) is 0 Å². The largest absolute Gasteiger partial charge is 0.309 e. The van der Waals surface area contributed by atoms with Crippen LogP contribution in [0.1, 0.15) is 0 Å². The van der Waals surface area contributed by atoms with Gasteiger partial charge >= 0.3 is 0 Å². The molecule has 3 nitrogen and oxygen atoms in total. The Labute approximate surface area is 282 Å². The maximum Gasteiger partial charge on any atom is 0.0548 e. The van der Waals surface area contributed by atoms with Gasteiger partial charge in [0, 0.05) is 49.4 Å². The summed E-state index contributed by atoms with van der Waals surface area (Å²) in [4.78, 5) is 0. The molecular weight excluding hydrogens is 595 g/mol. The highest BCUT2D eigenvalue weighted by atomic mass is 15.0. The number of rotatable bonds is 3. The second-order valence-electron chi connectivity index (χ2n) is 13.0. The summed E-state index contributed by atoms with van der Waals surface area (Å²) in [6.07, 6.45) is 0. The zero-order chi connectivity index (χ0) is 32.1. The van der Waals surface area contributed by atoms with Gasteiger partial charge in [-0.3, -0.25) is 0 Å². The molecule has 3 aromatic heterocycles. The average Bonchev–Trinajstić information content (AvgIpc) is 3.80. The fraction of sp³-hybridized carbons (Fsp3) is 0. The standard InChI is InChI=1S/C46H29N3/c1-2-14-32(15-3-1)47-39-19-9-6-16-35(39)38-29-34(24-25-42(38)47)49-41-21-11-8-18-37(41)46-44(49)27-26-43-45(46)36-17-7-10-20-40(36)48(43)33-23-22-30-12-4-5-13-31(30)28-33/h1-29H. The number of hydrogen-bond donors (Lipinski definition) is 0. The van der Waals surface area contributed by atoms with E-state index in [9.17, 15) is 0 Å². The lowest BCUT2D eigenvalue weighted by atomic mass is 10.1. The summed E-state index contributed by atoms with van der Waals surface area (Å²) < 4.78 is 7.28. The van der Waals surface area contributed by atoms with Gasteiger partial charge in [0.1, 0.15) is 0 Å². The Balaban J connectivity index is 1.23. The molecule has 3 heterocycles.